The Balaban J connectivity index is 2.45. The topological polar surface area (TPSA) is 37.2 Å². The van der Waals surface area contributed by atoms with E-state index in [4.69, 9.17) is 5.11 Å². The fourth-order valence-electron chi connectivity index (χ4n) is 1.38. The smallest absolute Gasteiger partial charge is 0.0448 e. The highest BCUT2D eigenvalue weighted by atomic mass is 16.3. The molecule has 0 saturated carbocycles. The molecule has 0 aliphatic rings. The monoisotopic (exact) mass is 196 g/mol. The molecule has 80 valence electrons. The van der Waals surface area contributed by atoms with Gasteiger partial charge < -0.3 is 15.0 Å². The highest BCUT2D eigenvalue weighted by molar-refractivity contribution is 5.06. The Labute approximate surface area is 85.7 Å². The molecule has 1 aromatic rings. The Morgan fingerprint density at radius 1 is 1.50 bits per heavy atom. The summed E-state index contributed by atoms with van der Waals surface area (Å²) in [6, 6.07) is 4.68. The van der Waals surface area contributed by atoms with E-state index in [2.05, 4.69) is 42.1 Å². The molecule has 0 aliphatic heterocycles. The SMILES string of the molecule is CC(C)NCc1cccn1CCCO. The van der Waals surface area contributed by atoms with Gasteiger partial charge in [-0.15, -0.1) is 0 Å². The zero-order valence-corrected chi connectivity index (χ0v) is 9.03. The quantitative estimate of drug-likeness (QED) is 0.721. The summed E-state index contributed by atoms with van der Waals surface area (Å²) in [5.41, 5.74) is 1.28. The molecule has 0 fully saturated rings. The summed E-state index contributed by atoms with van der Waals surface area (Å²) < 4.78 is 2.19. The van der Waals surface area contributed by atoms with Crippen molar-refractivity contribution in [3.63, 3.8) is 0 Å². The molecule has 0 spiro atoms. The molecule has 1 heterocycles. The van der Waals surface area contributed by atoms with Crippen LogP contribution in [0.15, 0.2) is 18.3 Å². The van der Waals surface area contributed by atoms with Crippen molar-refractivity contribution in [1.29, 1.82) is 0 Å². The largest absolute Gasteiger partial charge is 0.396 e. The Morgan fingerprint density at radius 3 is 2.93 bits per heavy atom. The van der Waals surface area contributed by atoms with Gasteiger partial charge >= 0.3 is 0 Å². The summed E-state index contributed by atoms with van der Waals surface area (Å²) in [5.74, 6) is 0. The third kappa shape index (κ3) is 3.52. The number of rotatable bonds is 6. The van der Waals surface area contributed by atoms with Crippen LogP contribution < -0.4 is 5.32 Å². The van der Waals surface area contributed by atoms with Crippen LogP contribution in [0.1, 0.15) is 26.0 Å². The van der Waals surface area contributed by atoms with Crippen molar-refractivity contribution in [2.45, 2.75) is 39.4 Å². The van der Waals surface area contributed by atoms with Crippen molar-refractivity contribution >= 4 is 0 Å². The Hall–Kier alpha value is -0.800. The van der Waals surface area contributed by atoms with Gasteiger partial charge in [0.25, 0.3) is 0 Å². The highest BCUT2D eigenvalue weighted by Gasteiger charge is 2.00. The van der Waals surface area contributed by atoms with E-state index >= 15 is 0 Å². The van der Waals surface area contributed by atoms with Crippen LogP contribution in [0, 0.1) is 0 Å². The van der Waals surface area contributed by atoms with Crippen LogP contribution in [0.5, 0.6) is 0 Å². The number of nitrogens with one attached hydrogen (secondary N) is 1. The average Bonchev–Trinajstić information content (AvgIpc) is 2.58. The van der Waals surface area contributed by atoms with Gasteiger partial charge in [-0.05, 0) is 18.6 Å². The lowest BCUT2D eigenvalue weighted by atomic mass is 10.3. The molecule has 0 bridgehead atoms. The second-order valence-corrected chi connectivity index (χ2v) is 3.81. The zero-order valence-electron chi connectivity index (χ0n) is 9.03. The molecule has 0 amide bonds. The maximum atomic E-state index is 8.75. The second-order valence-electron chi connectivity index (χ2n) is 3.81. The molecule has 3 heteroatoms. The van der Waals surface area contributed by atoms with E-state index in [1.54, 1.807) is 0 Å². The van der Waals surface area contributed by atoms with E-state index in [-0.39, 0.29) is 6.61 Å². The lowest BCUT2D eigenvalue weighted by Crippen LogP contribution is -2.23. The van der Waals surface area contributed by atoms with Crippen molar-refractivity contribution in [2.75, 3.05) is 6.61 Å². The van der Waals surface area contributed by atoms with Crippen LogP contribution >= 0.6 is 0 Å². The Kier molecular flexibility index (Phi) is 4.70. The van der Waals surface area contributed by atoms with Crippen LogP contribution in [-0.2, 0) is 13.1 Å². The number of nitrogens with zero attached hydrogens (tertiary/aromatic N) is 1. The minimum absolute atomic E-state index is 0.259. The summed E-state index contributed by atoms with van der Waals surface area (Å²) >= 11 is 0. The molecule has 0 aromatic carbocycles. The lowest BCUT2D eigenvalue weighted by molar-refractivity contribution is 0.279. The molecule has 0 aliphatic carbocycles. The standard InChI is InChI=1S/C11H20N2O/c1-10(2)12-9-11-5-3-6-13(11)7-4-8-14/h3,5-6,10,12,14H,4,7-9H2,1-2H3. The number of hydrogen-bond acceptors (Lipinski definition) is 2. The number of hydrogen-bond donors (Lipinski definition) is 2. The predicted molar refractivity (Wildman–Crippen MR) is 58.1 cm³/mol. The van der Waals surface area contributed by atoms with Crippen LogP contribution in [0.25, 0.3) is 0 Å². The van der Waals surface area contributed by atoms with Gasteiger partial charge in [-0.1, -0.05) is 13.8 Å². The first-order valence-corrected chi connectivity index (χ1v) is 5.22. The normalized spacial score (nSPS) is 11.1. The molecule has 0 unspecified atom stereocenters. The van der Waals surface area contributed by atoms with Crippen molar-refractivity contribution in [3.8, 4) is 0 Å². The highest BCUT2D eigenvalue weighted by Crippen LogP contribution is 2.03. The second kappa shape index (κ2) is 5.83. The Bertz CT molecular complexity index is 256. The molecule has 0 saturated heterocycles. The van der Waals surface area contributed by atoms with Crippen LogP contribution in [0.2, 0.25) is 0 Å². The van der Waals surface area contributed by atoms with Crippen LogP contribution in [0.3, 0.4) is 0 Å². The van der Waals surface area contributed by atoms with Gasteiger partial charge in [0.2, 0.25) is 0 Å². The fraction of sp³-hybridized carbons (Fsp3) is 0.636. The molecular formula is C11H20N2O. The van der Waals surface area contributed by atoms with Crippen molar-refractivity contribution < 1.29 is 5.11 Å². The minimum Gasteiger partial charge on any atom is -0.396 e. The fourth-order valence-corrected chi connectivity index (χ4v) is 1.38. The van der Waals surface area contributed by atoms with Gasteiger partial charge in [-0.2, -0.15) is 0 Å². The summed E-state index contributed by atoms with van der Waals surface area (Å²) in [7, 11) is 0. The van der Waals surface area contributed by atoms with E-state index in [0.717, 1.165) is 19.5 Å². The molecule has 3 nitrogen and oxygen atoms in total. The summed E-state index contributed by atoms with van der Waals surface area (Å²) in [6.45, 7) is 6.34. The van der Waals surface area contributed by atoms with Gasteiger partial charge in [0.1, 0.15) is 0 Å². The maximum absolute atomic E-state index is 8.75. The van der Waals surface area contributed by atoms with E-state index in [9.17, 15) is 0 Å². The van der Waals surface area contributed by atoms with E-state index in [1.165, 1.54) is 5.69 Å². The third-order valence-electron chi connectivity index (χ3n) is 2.17. The average molecular weight is 196 g/mol. The van der Waals surface area contributed by atoms with Gasteiger partial charge in [-0.3, -0.25) is 0 Å². The molecule has 2 N–H and O–H groups in total. The number of aryl methyl sites for hydroxylation is 1. The van der Waals surface area contributed by atoms with Gasteiger partial charge in [0.15, 0.2) is 0 Å². The van der Waals surface area contributed by atoms with Gasteiger partial charge in [-0.25, -0.2) is 0 Å². The van der Waals surface area contributed by atoms with E-state index in [1.807, 2.05) is 0 Å². The van der Waals surface area contributed by atoms with E-state index in [0.29, 0.717) is 6.04 Å². The summed E-state index contributed by atoms with van der Waals surface area (Å²) in [6.07, 6.45) is 2.89. The first-order chi connectivity index (χ1) is 6.74. The van der Waals surface area contributed by atoms with Crippen LogP contribution in [-0.4, -0.2) is 22.3 Å². The summed E-state index contributed by atoms with van der Waals surface area (Å²) in [4.78, 5) is 0. The molecule has 1 aromatic heterocycles. The van der Waals surface area contributed by atoms with Crippen molar-refractivity contribution in [1.82, 2.24) is 9.88 Å². The third-order valence-corrected chi connectivity index (χ3v) is 2.17. The van der Waals surface area contributed by atoms with Gasteiger partial charge in [0.05, 0.1) is 0 Å². The molecule has 1 rings (SSSR count). The maximum Gasteiger partial charge on any atom is 0.0448 e. The molecule has 0 atom stereocenters. The number of aromatic nitrogens is 1. The molecule has 0 radical (unpaired) electrons. The predicted octanol–water partition coefficient (Wildman–Crippen LogP) is 1.37. The molecular weight excluding hydrogens is 176 g/mol. The Morgan fingerprint density at radius 2 is 2.29 bits per heavy atom. The van der Waals surface area contributed by atoms with Gasteiger partial charge in [0, 0.05) is 37.6 Å². The van der Waals surface area contributed by atoms with Crippen molar-refractivity contribution in [3.05, 3.63) is 24.0 Å². The molecule has 14 heavy (non-hydrogen) atoms. The summed E-state index contributed by atoms with van der Waals surface area (Å²) in [5, 5.41) is 12.1. The van der Waals surface area contributed by atoms with E-state index < -0.39 is 0 Å². The number of aliphatic hydroxyl groups excluding tert-OH is 1. The van der Waals surface area contributed by atoms with Crippen molar-refractivity contribution in [2.24, 2.45) is 0 Å². The minimum atomic E-state index is 0.259. The zero-order chi connectivity index (χ0) is 10.4. The first-order valence-electron chi connectivity index (χ1n) is 5.22. The lowest BCUT2D eigenvalue weighted by Gasteiger charge is -2.11. The van der Waals surface area contributed by atoms with Crippen LogP contribution in [0.4, 0.5) is 0 Å². The number of aliphatic hydroxyl groups is 1. The first kappa shape index (κ1) is 11.3.